The highest BCUT2D eigenvalue weighted by atomic mass is 35.5. The fourth-order valence-electron chi connectivity index (χ4n) is 1.45. The van der Waals surface area contributed by atoms with Gasteiger partial charge in [-0.2, -0.15) is 0 Å². The number of carboxylic acid groups (broad SMARTS) is 1. The van der Waals surface area contributed by atoms with Gasteiger partial charge in [0.2, 0.25) is 10.0 Å². The van der Waals surface area contributed by atoms with Crippen LogP contribution in [-0.2, 0) is 19.6 Å². The molecule has 1 aromatic carbocycles. The summed E-state index contributed by atoms with van der Waals surface area (Å²) in [6, 6.07) is 4.31. The highest BCUT2D eigenvalue weighted by molar-refractivity contribution is 7.89. The molecule has 2 N–H and O–H groups in total. The third-order valence-electron chi connectivity index (χ3n) is 2.42. The number of methoxy groups -OCH3 is 1. The summed E-state index contributed by atoms with van der Waals surface area (Å²) in [5.74, 6) is -1.09. The van der Waals surface area contributed by atoms with Crippen molar-refractivity contribution in [1.82, 2.24) is 4.72 Å². The van der Waals surface area contributed by atoms with Gasteiger partial charge in [-0.25, -0.2) is 13.1 Å². The number of halogens is 2. The number of ether oxygens (including phenoxy) is 1. The van der Waals surface area contributed by atoms with E-state index >= 15 is 0 Å². The number of carbonyl (C=O) groups is 1. The Labute approximate surface area is 126 Å². The molecule has 1 atom stereocenters. The van der Waals surface area contributed by atoms with E-state index in [0.29, 0.717) is 0 Å². The Bertz CT molecular complexity index is 570. The van der Waals surface area contributed by atoms with E-state index in [4.69, 9.17) is 33.0 Å². The summed E-state index contributed by atoms with van der Waals surface area (Å²) in [4.78, 5) is 10.3. The SMILES string of the molecule is COC(CNS(=O)(=O)c1c(Cl)cccc1Cl)CC(=O)O. The quantitative estimate of drug-likeness (QED) is 0.788. The molecule has 0 saturated carbocycles. The van der Waals surface area contributed by atoms with E-state index in [2.05, 4.69) is 4.72 Å². The fraction of sp³-hybridized carbons (Fsp3) is 0.364. The van der Waals surface area contributed by atoms with E-state index in [1.165, 1.54) is 25.3 Å². The fourth-order valence-corrected chi connectivity index (χ4v) is 3.65. The van der Waals surface area contributed by atoms with Crippen LogP contribution in [0.2, 0.25) is 10.0 Å². The summed E-state index contributed by atoms with van der Waals surface area (Å²) in [6.45, 7) is -0.202. The van der Waals surface area contributed by atoms with Crippen molar-refractivity contribution in [2.24, 2.45) is 0 Å². The minimum atomic E-state index is -3.95. The van der Waals surface area contributed by atoms with Gasteiger partial charge < -0.3 is 9.84 Å². The largest absolute Gasteiger partial charge is 0.481 e. The third kappa shape index (κ3) is 4.60. The van der Waals surface area contributed by atoms with Crippen LogP contribution >= 0.6 is 23.2 Å². The number of carboxylic acids is 1. The lowest BCUT2D eigenvalue weighted by molar-refractivity contribution is -0.139. The first kappa shape index (κ1) is 17.2. The van der Waals surface area contributed by atoms with Crippen LogP contribution in [0.25, 0.3) is 0 Å². The molecule has 0 saturated heterocycles. The van der Waals surface area contributed by atoms with Gasteiger partial charge in [-0.1, -0.05) is 29.3 Å². The van der Waals surface area contributed by atoms with Crippen molar-refractivity contribution in [2.75, 3.05) is 13.7 Å². The first-order valence-corrected chi connectivity index (χ1v) is 7.70. The van der Waals surface area contributed by atoms with Gasteiger partial charge >= 0.3 is 5.97 Å². The molecule has 0 radical (unpaired) electrons. The lowest BCUT2D eigenvalue weighted by Gasteiger charge is -2.15. The summed E-state index contributed by atoms with van der Waals surface area (Å²) >= 11 is 11.6. The first-order chi connectivity index (χ1) is 9.27. The van der Waals surface area contributed by atoms with Crippen molar-refractivity contribution in [3.05, 3.63) is 28.2 Å². The number of hydrogen-bond donors (Lipinski definition) is 2. The van der Waals surface area contributed by atoms with Gasteiger partial charge in [-0.05, 0) is 12.1 Å². The third-order valence-corrected chi connectivity index (χ3v) is 4.80. The Morgan fingerprint density at radius 1 is 1.40 bits per heavy atom. The average Bonchev–Trinajstić information content (AvgIpc) is 2.33. The lowest BCUT2D eigenvalue weighted by Crippen LogP contribution is -2.34. The highest BCUT2D eigenvalue weighted by Gasteiger charge is 2.23. The number of aliphatic carboxylic acids is 1. The van der Waals surface area contributed by atoms with Gasteiger partial charge in [0.15, 0.2) is 0 Å². The maximum atomic E-state index is 12.1. The molecule has 9 heteroatoms. The Balaban J connectivity index is 2.88. The van der Waals surface area contributed by atoms with Gasteiger partial charge in [-0.15, -0.1) is 0 Å². The first-order valence-electron chi connectivity index (χ1n) is 5.46. The topological polar surface area (TPSA) is 92.7 Å². The van der Waals surface area contributed by atoms with E-state index in [9.17, 15) is 13.2 Å². The Morgan fingerprint density at radius 3 is 2.40 bits per heavy atom. The van der Waals surface area contributed by atoms with Gasteiger partial charge in [0, 0.05) is 13.7 Å². The summed E-state index contributed by atoms with van der Waals surface area (Å²) in [5.41, 5.74) is 0. The molecule has 0 spiro atoms. The highest BCUT2D eigenvalue weighted by Crippen LogP contribution is 2.28. The zero-order valence-electron chi connectivity index (χ0n) is 10.5. The molecule has 0 aromatic heterocycles. The second-order valence-corrected chi connectivity index (χ2v) is 6.38. The Morgan fingerprint density at radius 2 is 1.95 bits per heavy atom. The minimum Gasteiger partial charge on any atom is -0.481 e. The Kier molecular flexibility index (Phi) is 6.22. The minimum absolute atomic E-state index is 0.0165. The van der Waals surface area contributed by atoms with Gasteiger partial charge in [0.05, 0.1) is 22.6 Å². The van der Waals surface area contributed by atoms with Crippen LogP contribution in [0.5, 0.6) is 0 Å². The number of nitrogens with one attached hydrogen (secondary N) is 1. The van der Waals surface area contributed by atoms with Gasteiger partial charge in [0.25, 0.3) is 0 Å². The smallest absolute Gasteiger partial charge is 0.306 e. The monoisotopic (exact) mass is 341 g/mol. The van der Waals surface area contributed by atoms with Crippen LogP contribution in [0.15, 0.2) is 23.1 Å². The second kappa shape index (κ2) is 7.24. The van der Waals surface area contributed by atoms with Crippen molar-refractivity contribution in [3.8, 4) is 0 Å². The number of rotatable bonds is 7. The van der Waals surface area contributed by atoms with E-state index in [-0.39, 0.29) is 27.9 Å². The molecule has 0 aliphatic heterocycles. The molecule has 0 aliphatic carbocycles. The van der Waals surface area contributed by atoms with Crippen LogP contribution in [-0.4, -0.2) is 39.3 Å². The predicted octanol–water partition coefficient (Wildman–Crippen LogP) is 1.76. The van der Waals surface area contributed by atoms with Crippen LogP contribution in [0.4, 0.5) is 0 Å². The Hall–Kier alpha value is -0.860. The molecule has 1 aromatic rings. The molecular formula is C11H13Cl2NO5S. The van der Waals surface area contributed by atoms with Crippen LogP contribution in [0, 0.1) is 0 Å². The van der Waals surface area contributed by atoms with Gasteiger partial charge in [0.1, 0.15) is 4.90 Å². The molecule has 0 fully saturated rings. The van der Waals surface area contributed by atoms with E-state index < -0.39 is 22.1 Å². The summed E-state index contributed by atoms with van der Waals surface area (Å²) in [7, 11) is -2.65. The van der Waals surface area contributed by atoms with E-state index in [1.54, 1.807) is 0 Å². The molecule has 112 valence electrons. The van der Waals surface area contributed by atoms with Crippen LogP contribution in [0.3, 0.4) is 0 Å². The molecule has 1 rings (SSSR count). The lowest BCUT2D eigenvalue weighted by atomic mass is 10.2. The maximum Gasteiger partial charge on any atom is 0.306 e. The molecule has 0 heterocycles. The molecular weight excluding hydrogens is 329 g/mol. The van der Waals surface area contributed by atoms with Crippen molar-refractivity contribution in [1.29, 1.82) is 0 Å². The standard InChI is InChI=1S/C11H13Cl2NO5S/c1-19-7(5-10(15)16)6-14-20(17,18)11-8(12)3-2-4-9(11)13/h2-4,7,14H,5-6H2,1H3,(H,15,16). The van der Waals surface area contributed by atoms with Crippen molar-refractivity contribution in [3.63, 3.8) is 0 Å². The van der Waals surface area contributed by atoms with Crippen LogP contribution < -0.4 is 4.72 Å². The van der Waals surface area contributed by atoms with Crippen LogP contribution in [0.1, 0.15) is 6.42 Å². The van der Waals surface area contributed by atoms with E-state index in [1.807, 2.05) is 0 Å². The normalized spacial score (nSPS) is 13.2. The van der Waals surface area contributed by atoms with Crippen molar-refractivity contribution in [2.45, 2.75) is 17.4 Å². The maximum absolute atomic E-state index is 12.1. The van der Waals surface area contributed by atoms with Crippen molar-refractivity contribution >= 4 is 39.2 Å². The number of hydrogen-bond acceptors (Lipinski definition) is 4. The second-order valence-electron chi connectivity index (χ2n) is 3.86. The van der Waals surface area contributed by atoms with Gasteiger partial charge in [-0.3, -0.25) is 4.79 Å². The molecule has 20 heavy (non-hydrogen) atoms. The summed E-state index contributed by atoms with van der Waals surface area (Å²) < 4.78 is 31.3. The molecule has 1 unspecified atom stereocenters. The molecule has 6 nitrogen and oxygen atoms in total. The van der Waals surface area contributed by atoms with Crippen molar-refractivity contribution < 1.29 is 23.1 Å². The predicted molar refractivity (Wildman–Crippen MR) is 74.7 cm³/mol. The zero-order valence-corrected chi connectivity index (χ0v) is 12.8. The van der Waals surface area contributed by atoms with E-state index in [0.717, 1.165) is 0 Å². The number of benzene rings is 1. The number of sulfonamides is 1. The molecule has 0 amide bonds. The molecule has 0 aliphatic rings. The zero-order chi connectivity index (χ0) is 15.3. The summed E-state index contributed by atoms with van der Waals surface area (Å²) in [5, 5.41) is 8.62. The summed E-state index contributed by atoms with van der Waals surface area (Å²) in [6.07, 6.45) is -1.11. The average molecular weight is 342 g/mol. The molecule has 0 bridgehead atoms.